The van der Waals surface area contributed by atoms with Crippen LogP contribution in [0.15, 0.2) is 12.2 Å². The molecule has 0 heterocycles. The first-order valence-corrected chi connectivity index (χ1v) is 11.1. The first-order chi connectivity index (χ1) is 11.8. The fraction of sp³-hybridized carbons (Fsp3) is 0.833. The summed E-state index contributed by atoms with van der Waals surface area (Å²) < 4.78 is 0. The molecule has 0 nitrogen and oxygen atoms in total. The van der Waals surface area contributed by atoms with Crippen LogP contribution in [0.1, 0.15) is 122 Å². The average Bonchev–Trinajstić information content (AvgIpc) is 2.60. The highest BCUT2D eigenvalue weighted by molar-refractivity contribution is 4.81. The van der Waals surface area contributed by atoms with Crippen molar-refractivity contribution in [2.75, 3.05) is 0 Å². The first kappa shape index (κ1) is 23.7. The molecule has 0 aliphatic rings. The smallest absolute Gasteiger partial charge is 0.0351 e. The third-order valence-electron chi connectivity index (χ3n) is 5.21. The molecule has 0 amide bonds. The summed E-state index contributed by atoms with van der Waals surface area (Å²) in [5.41, 5.74) is 0. The average molecular weight is 335 g/mol. The van der Waals surface area contributed by atoms with Crippen molar-refractivity contribution >= 4 is 0 Å². The van der Waals surface area contributed by atoms with E-state index in [1.165, 1.54) is 103 Å². The Labute approximate surface area is 154 Å². The number of rotatable bonds is 19. The van der Waals surface area contributed by atoms with Crippen LogP contribution in [0.5, 0.6) is 0 Å². The fourth-order valence-electron chi connectivity index (χ4n) is 3.42. The lowest BCUT2D eigenvalue weighted by Gasteiger charge is -2.14. The SMILES string of the molecule is [CH2]CCCCCCC=CCCCC(CC)CCCCCCCC[CH2]. The molecule has 0 saturated carbocycles. The van der Waals surface area contributed by atoms with Crippen LogP contribution >= 0.6 is 0 Å². The fourth-order valence-corrected chi connectivity index (χ4v) is 3.42. The monoisotopic (exact) mass is 334 g/mol. The molecule has 0 aromatic heterocycles. The Kier molecular flexibility index (Phi) is 20.6. The summed E-state index contributed by atoms with van der Waals surface area (Å²) in [6, 6.07) is 0. The summed E-state index contributed by atoms with van der Waals surface area (Å²) >= 11 is 0. The molecule has 0 rings (SSSR count). The van der Waals surface area contributed by atoms with Gasteiger partial charge in [0.25, 0.3) is 0 Å². The standard InChI is InChI=1S/C24H46/c1-4-7-9-11-13-14-15-17-19-21-23-24(6-3)22-20-18-16-12-10-8-5-2/h15,17,24H,1-2,4-14,16,18-23H2,3H3. The van der Waals surface area contributed by atoms with Crippen molar-refractivity contribution in [3.63, 3.8) is 0 Å². The Morgan fingerprint density at radius 3 is 1.62 bits per heavy atom. The van der Waals surface area contributed by atoms with Crippen LogP contribution in [0.3, 0.4) is 0 Å². The van der Waals surface area contributed by atoms with Gasteiger partial charge in [-0.3, -0.25) is 0 Å². The van der Waals surface area contributed by atoms with E-state index in [0.29, 0.717) is 0 Å². The predicted octanol–water partition coefficient (Wildman–Crippen LogP) is 8.87. The molecule has 0 fully saturated rings. The topological polar surface area (TPSA) is 0 Å². The number of hydrogen-bond donors (Lipinski definition) is 0. The van der Waals surface area contributed by atoms with Gasteiger partial charge in [-0.1, -0.05) is 123 Å². The maximum atomic E-state index is 3.91. The minimum atomic E-state index is 0.973. The summed E-state index contributed by atoms with van der Waals surface area (Å²) in [6.07, 6.45) is 29.2. The molecular weight excluding hydrogens is 288 g/mol. The van der Waals surface area contributed by atoms with Crippen LogP contribution in [0.25, 0.3) is 0 Å². The van der Waals surface area contributed by atoms with Gasteiger partial charge in [0.2, 0.25) is 0 Å². The van der Waals surface area contributed by atoms with Crippen LogP contribution in [-0.2, 0) is 0 Å². The molecule has 142 valence electrons. The van der Waals surface area contributed by atoms with Crippen molar-refractivity contribution in [3.05, 3.63) is 26.0 Å². The zero-order chi connectivity index (χ0) is 17.7. The van der Waals surface area contributed by atoms with Gasteiger partial charge in [-0.05, 0) is 31.6 Å². The highest BCUT2D eigenvalue weighted by Gasteiger charge is 2.05. The minimum absolute atomic E-state index is 0.973. The van der Waals surface area contributed by atoms with E-state index in [-0.39, 0.29) is 0 Å². The van der Waals surface area contributed by atoms with Gasteiger partial charge in [-0.25, -0.2) is 0 Å². The summed E-state index contributed by atoms with van der Waals surface area (Å²) in [7, 11) is 0. The largest absolute Gasteiger partial charge is 0.0885 e. The zero-order valence-corrected chi connectivity index (χ0v) is 16.9. The third-order valence-corrected chi connectivity index (χ3v) is 5.21. The Bertz CT molecular complexity index is 240. The van der Waals surface area contributed by atoms with Crippen LogP contribution in [0, 0.1) is 19.8 Å². The normalized spacial score (nSPS) is 13.0. The molecule has 0 aromatic rings. The van der Waals surface area contributed by atoms with Gasteiger partial charge < -0.3 is 0 Å². The molecule has 1 unspecified atom stereocenters. The Balaban J connectivity index is 3.38. The van der Waals surface area contributed by atoms with E-state index in [9.17, 15) is 0 Å². The van der Waals surface area contributed by atoms with Crippen molar-refractivity contribution < 1.29 is 0 Å². The third kappa shape index (κ3) is 18.1. The first-order valence-electron chi connectivity index (χ1n) is 11.1. The highest BCUT2D eigenvalue weighted by Crippen LogP contribution is 2.21. The van der Waals surface area contributed by atoms with E-state index in [1.807, 2.05) is 0 Å². The van der Waals surface area contributed by atoms with E-state index in [2.05, 4.69) is 32.9 Å². The molecule has 0 N–H and O–H groups in total. The quantitative estimate of drug-likeness (QED) is 0.163. The van der Waals surface area contributed by atoms with Gasteiger partial charge in [-0.15, -0.1) is 0 Å². The second kappa shape index (κ2) is 20.8. The van der Waals surface area contributed by atoms with Crippen molar-refractivity contribution in [1.29, 1.82) is 0 Å². The lowest BCUT2D eigenvalue weighted by Crippen LogP contribution is -1.98. The van der Waals surface area contributed by atoms with Crippen LogP contribution in [0.4, 0.5) is 0 Å². The summed E-state index contributed by atoms with van der Waals surface area (Å²) in [4.78, 5) is 0. The van der Waals surface area contributed by atoms with Crippen LogP contribution in [-0.4, -0.2) is 0 Å². The second-order valence-corrected chi connectivity index (χ2v) is 7.50. The summed E-state index contributed by atoms with van der Waals surface area (Å²) in [5, 5.41) is 0. The molecule has 1 atom stereocenters. The maximum absolute atomic E-state index is 3.91. The molecule has 0 saturated heterocycles. The van der Waals surface area contributed by atoms with Crippen molar-refractivity contribution in [3.8, 4) is 0 Å². The number of unbranched alkanes of at least 4 members (excludes halogenated alkanes) is 12. The van der Waals surface area contributed by atoms with Crippen LogP contribution in [0.2, 0.25) is 0 Å². The van der Waals surface area contributed by atoms with Crippen molar-refractivity contribution in [1.82, 2.24) is 0 Å². The molecule has 0 bridgehead atoms. The Hall–Kier alpha value is -0.260. The molecule has 0 heteroatoms. The Morgan fingerprint density at radius 2 is 1.04 bits per heavy atom. The van der Waals surface area contributed by atoms with Crippen molar-refractivity contribution in [2.24, 2.45) is 5.92 Å². The molecule has 2 radical (unpaired) electrons. The van der Waals surface area contributed by atoms with Gasteiger partial charge >= 0.3 is 0 Å². The molecule has 24 heavy (non-hydrogen) atoms. The Morgan fingerprint density at radius 1 is 0.583 bits per heavy atom. The van der Waals surface area contributed by atoms with E-state index in [0.717, 1.165) is 18.8 Å². The maximum Gasteiger partial charge on any atom is -0.0351 e. The molecule has 0 spiro atoms. The number of hydrogen-bond acceptors (Lipinski definition) is 0. The summed E-state index contributed by atoms with van der Waals surface area (Å²) in [6.45, 7) is 10.2. The summed E-state index contributed by atoms with van der Waals surface area (Å²) in [5.74, 6) is 0.973. The lowest BCUT2D eigenvalue weighted by atomic mass is 9.92. The van der Waals surface area contributed by atoms with Gasteiger partial charge in [0.05, 0.1) is 0 Å². The van der Waals surface area contributed by atoms with Gasteiger partial charge in [0, 0.05) is 0 Å². The van der Waals surface area contributed by atoms with Gasteiger partial charge in [0.1, 0.15) is 0 Å². The van der Waals surface area contributed by atoms with Gasteiger partial charge in [0.15, 0.2) is 0 Å². The minimum Gasteiger partial charge on any atom is -0.0885 e. The van der Waals surface area contributed by atoms with E-state index < -0.39 is 0 Å². The van der Waals surface area contributed by atoms with E-state index >= 15 is 0 Å². The second-order valence-electron chi connectivity index (χ2n) is 7.50. The highest BCUT2D eigenvalue weighted by atomic mass is 14.1. The van der Waals surface area contributed by atoms with E-state index in [1.54, 1.807) is 0 Å². The molecule has 0 aliphatic carbocycles. The van der Waals surface area contributed by atoms with E-state index in [4.69, 9.17) is 0 Å². The lowest BCUT2D eigenvalue weighted by molar-refractivity contribution is 0.402. The molecule has 0 aromatic carbocycles. The van der Waals surface area contributed by atoms with Crippen LogP contribution < -0.4 is 0 Å². The molecule has 0 aliphatic heterocycles. The van der Waals surface area contributed by atoms with Gasteiger partial charge in [-0.2, -0.15) is 0 Å². The predicted molar refractivity (Wildman–Crippen MR) is 112 cm³/mol. The zero-order valence-electron chi connectivity index (χ0n) is 16.9. The number of allylic oxidation sites excluding steroid dienone is 2. The molecular formula is C24H46. The van der Waals surface area contributed by atoms with Crippen molar-refractivity contribution in [2.45, 2.75) is 122 Å².